The van der Waals surface area contributed by atoms with E-state index in [0.29, 0.717) is 0 Å². The molecule has 1 heterocycles. The molecule has 1 heteroatoms. The molecular weight excluding hydrogens is 338 g/mol. The molecule has 0 amide bonds. The summed E-state index contributed by atoms with van der Waals surface area (Å²) in [5, 5.41) is 2.81. The number of hydrogen-bond donors (Lipinski definition) is 0. The maximum atomic E-state index is 4.70. The Bertz CT molecular complexity index is 1180. The number of aromatic nitrogens is 1. The van der Waals surface area contributed by atoms with Crippen molar-refractivity contribution in [3.8, 4) is 11.1 Å². The molecule has 28 heavy (non-hydrogen) atoms. The van der Waals surface area contributed by atoms with E-state index in [1.807, 2.05) is 12.3 Å². The van der Waals surface area contributed by atoms with Gasteiger partial charge in [0.15, 0.2) is 0 Å². The molecule has 0 spiro atoms. The van der Waals surface area contributed by atoms with Crippen molar-refractivity contribution in [3.05, 3.63) is 88.1 Å². The average Bonchev–Trinajstić information content (AvgIpc) is 2.70. The van der Waals surface area contributed by atoms with Crippen molar-refractivity contribution in [2.45, 2.75) is 45.4 Å². The van der Waals surface area contributed by atoms with Crippen molar-refractivity contribution in [3.63, 3.8) is 0 Å². The summed E-state index contributed by atoms with van der Waals surface area (Å²) in [5.41, 5.74) is 7.02. The molecule has 140 valence electrons. The van der Waals surface area contributed by atoms with Gasteiger partial charge in [-0.2, -0.15) is 0 Å². The van der Waals surface area contributed by atoms with E-state index in [1.54, 1.807) is 0 Å². The fourth-order valence-electron chi connectivity index (χ4n) is 4.87. The van der Waals surface area contributed by atoms with E-state index in [1.165, 1.54) is 32.7 Å². The fraction of sp³-hybridized carbons (Fsp3) is 0.296. The average molecular weight is 366 g/mol. The van der Waals surface area contributed by atoms with Gasteiger partial charge in [-0.25, -0.2) is 0 Å². The van der Waals surface area contributed by atoms with Crippen molar-refractivity contribution in [2.24, 2.45) is 5.41 Å². The monoisotopic (exact) mass is 365 g/mol. The summed E-state index contributed by atoms with van der Waals surface area (Å²) in [6.45, 7) is 9.58. The lowest BCUT2D eigenvalue weighted by Crippen LogP contribution is -2.48. The van der Waals surface area contributed by atoms with Gasteiger partial charge < -0.3 is 0 Å². The molecule has 3 aromatic rings. The third-order valence-corrected chi connectivity index (χ3v) is 7.39. The zero-order chi connectivity index (χ0) is 19.5. The maximum absolute atomic E-state index is 4.70. The van der Waals surface area contributed by atoms with Crippen molar-refractivity contribution in [1.29, 1.82) is 0 Å². The van der Waals surface area contributed by atoms with Crippen LogP contribution in [0.2, 0.25) is 0 Å². The van der Waals surface area contributed by atoms with Gasteiger partial charge in [-0.1, -0.05) is 82.3 Å². The third-order valence-electron chi connectivity index (χ3n) is 7.39. The van der Waals surface area contributed by atoms with Gasteiger partial charge in [-0.3, -0.25) is 4.98 Å². The summed E-state index contributed by atoms with van der Waals surface area (Å²) < 4.78 is 0. The Morgan fingerprint density at radius 2 is 1.61 bits per heavy atom. The van der Waals surface area contributed by atoms with E-state index in [2.05, 4.69) is 88.4 Å². The number of rotatable bonds is 1. The van der Waals surface area contributed by atoms with Gasteiger partial charge in [0.05, 0.1) is 5.69 Å². The van der Waals surface area contributed by atoms with Crippen molar-refractivity contribution < 1.29 is 0 Å². The number of fused-ring (bicyclic) bond motifs is 5. The Kier molecular flexibility index (Phi) is 3.68. The SMILES string of the molecule is CC1(C)CC=c2c(ccc3c2=CC(c2ccccn2)c2ccccc2-3)C1(C)C. The van der Waals surface area contributed by atoms with Crippen molar-refractivity contribution in [2.75, 3.05) is 0 Å². The quantitative estimate of drug-likeness (QED) is 0.580. The highest BCUT2D eigenvalue weighted by Crippen LogP contribution is 2.45. The molecule has 0 radical (unpaired) electrons. The van der Waals surface area contributed by atoms with E-state index in [-0.39, 0.29) is 16.7 Å². The Morgan fingerprint density at radius 1 is 0.821 bits per heavy atom. The van der Waals surface area contributed by atoms with Gasteiger partial charge in [0, 0.05) is 12.1 Å². The molecule has 1 unspecified atom stereocenters. The molecule has 0 bridgehead atoms. The minimum Gasteiger partial charge on any atom is -0.260 e. The first-order valence-electron chi connectivity index (χ1n) is 10.3. The predicted octanol–water partition coefficient (Wildman–Crippen LogP) is 5.16. The van der Waals surface area contributed by atoms with Crippen LogP contribution in [0.15, 0.2) is 60.8 Å². The molecule has 2 aromatic carbocycles. The summed E-state index contributed by atoms with van der Waals surface area (Å²) in [6.07, 6.45) is 7.93. The van der Waals surface area contributed by atoms with Crippen LogP contribution >= 0.6 is 0 Å². The minimum atomic E-state index is 0.136. The second-order valence-corrected chi connectivity index (χ2v) is 9.39. The fourth-order valence-corrected chi connectivity index (χ4v) is 4.87. The predicted molar refractivity (Wildman–Crippen MR) is 118 cm³/mol. The molecule has 1 nitrogen and oxygen atoms in total. The van der Waals surface area contributed by atoms with Crippen LogP contribution in [-0.4, -0.2) is 4.98 Å². The topological polar surface area (TPSA) is 12.9 Å². The molecule has 2 aliphatic carbocycles. The van der Waals surface area contributed by atoms with Crippen LogP contribution in [0.25, 0.3) is 23.3 Å². The molecule has 1 atom stereocenters. The Hall–Kier alpha value is -2.67. The van der Waals surface area contributed by atoms with E-state index in [9.17, 15) is 0 Å². The number of hydrogen-bond acceptors (Lipinski definition) is 1. The van der Waals surface area contributed by atoms with Crippen LogP contribution in [0.3, 0.4) is 0 Å². The lowest BCUT2D eigenvalue weighted by atomic mass is 9.59. The normalized spacial score (nSPS) is 20.8. The van der Waals surface area contributed by atoms with E-state index in [0.717, 1.165) is 12.1 Å². The first-order chi connectivity index (χ1) is 13.4. The zero-order valence-corrected chi connectivity index (χ0v) is 17.2. The molecule has 2 aliphatic rings. The molecule has 0 saturated carbocycles. The summed E-state index contributed by atoms with van der Waals surface area (Å²) in [5.74, 6) is 0.197. The highest BCUT2D eigenvalue weighted by atomic mass is 14.7. The lowest BCUT2D eigenvalue weighted by Gasteiger charge is -2.45. The first kappa shape index (κ1) is 17.4. The van der Waals surface area contributed by atoms with Gasteiger partial charge in [0.1, 0.15) is 0 Å². The second-order valence-electron chi connectivity index (χ2n) is 9.39. The summed E-state index contributed by atoms with van der Waals surface area (Å²) >= 11 is 0. The molecule has 1 aromatic heterocycles. The smallest absolute Gasteiger partial charge is 0.0516 e. The van der Waals surface area contributed by atoms with Crippen LogP contribution in [-0.2, 0) is 5.41 Å². The van der Waals surface area contributed by atoms with Gasteiger partial charge >= 0.3 is 0 Å². The highest BCUT2D eigenvalue weighted by Gasteiger charge is 2.40. The summed E-state index contributed by atoms with van der Waals surface area (Å²) in [7, 11) is 0. The minimum absolute atomic E-state index is 0.136. The molecule has 5 rings (SSSR count). The van der Waals surface area contributed by atoms with E-state index >= 15 is 0 Å². The largest absolute Gasteiger partial charge is 0.260 e. The number of benzene rings is 2. The zero-order valence-electron chi connectivity index (χ0n) is 17.2. The Morgan fingerprint density at radius 3 is 2.39 bits per heavy atom. The molecule has 0 N–H and O–H groups in total. The number of nitrogens with zero attached hydrogens (tertiary/aromatic N) is 1. The van der Waals surface area contributed by atoms with Crippen LogP contribution in [0, 0.1) is 5.41 Å². The molecule has 0 saturated heterocycles. The van der Waals surface area contributed by atoms with E-state index < -0.39 is 0 Å². The number of pyridine rings is 1. The molecular formula is C27H27N. The third kappa shape index (κ3) is 2.35. The summed E-state index contributed by atoms with van der Waals surface area (Å²) in [6, 6.07) is 19.8. The highest BCUT2D eigenvalue weighted by molar-refractivity contribution is 5.77. The summed E-state index contributed by atoms with van der Waals surface area (Å²) in [4.78, 5) is 4.70. The van der Waals surface area contributed by atoms with Gasteiger partial charge in [-0.05, 0) is 62.1 Å². The lowest BCUT2D eigenvalue weighted by molar-refractivity contribution is 0.198. The van der Waals surface area contributed by atoms with Crippen molar-refractivity contribution >= 4 is 12.2 Å². The van der Waals surface area contributed by atoms with Crippen molar-refractivity contribution in [1.82, 2.24) is 4.98 Å². The van der Waals surface area contributed by atoms with Crippen LogP contribution in [0.1, 0.15) is 56.9 Å². The van der Waals surface area contributed by atoms with Gasteiger partial charge in [0.2, 0.25) is 0 Å². The Balaban J connectivity index is 1.86. The van der Waals surface area contributed by atoms with Crippen LogP contribution in [0.5, 0.6) is 0 Å². The molecule has 0 aliphatic heterocycles. The second kappa shape index (κ2) is 5.91. The van der Waals surface area contributed by atoms with Gasteiger partial charge in [0.25, 0.3) is 0 Å². The van der Waals surface area contributed by atoms with Gasteiger partial charge in [-0.15, -0.1) is 0 Å². The van der Waals surface area contributed by atoms with E-state index in [4.69, 9.17) is 4.98 Å². The standard InChI is InChI=1S/C27H27N/c1-26(2)15-14-21-22-17-23(25-11-7-8-16-28-25)19-10-6-5-9-18(19)20(22)12-13-24(21)27(26,3)4/h5-14,16-17,23H,15H2,1-4H3. The molecule has 0 fully saturated rings. The van der Waals surface area contributed by atoms with Crippen LogP contribution < -0.4 is 10.4 Å². The Labute approximate surface area is 167 Å². The first-order valence-corrected chi connectivity index (χ1v) is 10.3. The maximum Gasteiger partial charge on any atom is 0.0516 e. The van der Waals surface area contributed by atoms with Crippen LogP contribution in [0.4, 0.5) is 0 Å².